The molecule has 180 valence electrons. The molecule has 0 bridgehead atoms. The van der Waals surface area contributed by atoms with E-state index in [0.29, 0.717) is 12.8 Å². The number of carbonyl (C=O) groups is 2. The first-order valence-corrected chi connectivity index (χ1v) is 12.2. The third-order valence-electron chi connectivity index (χ3n) is 7.11. The van der Waals surface area contributed by atoms with Gasteiger partial charge >= 0.3 is 12.1 Å². The first-order chi connectivity index (χ1) is 17.1. The third-order valence-corrected chi connectivity index (χ3v) is 7.11. The van der Waals surface area contributed by atoms with Crippen molar-refractivity contribution in [2.45, 2.75) is 37.8 Å². The molecule has 1 amide bonds. The van der Waals surface area contributed by atoms with E-state index in [9.17, 15) is 14.7 Å². The molecule has 1 atom stereocenters. The van der Waals surface area contributed by atoms with Crippen molar-refractivity contribution >= 4 is 12.1 Å². The first kappa shape index (κ1) is 23.1. The van der Waals surface area contributed by atoms with Gasteiger partial charge in [0.25, 0.3) is 0 Å². The number of carboxylic acid groups (broad SMARTS) is 1. The number of alkyl carbamates (subject to hydrolysis) is 1. The lowest BCUT2D eigenvalue weighted by Gasteiger charge is -2.29. The number of amides is 1. The average Bonchev–Trinajstić information content (AvgIpc) is 3.20. The number of fused-ring (bicyclic) bond motifs is 4. The summed E-state index contributed by atoms with van der Waals surface area (Å²) in [6.45, 7) is 2.81. The summed E-state index contributed by atoms with van der Waals surface area (Å²) in [6, 6.07) is 23.7. The fourth-order valence-corrected chi connectivity index (χ4v) is 5.30. The van der Waals surface area contributed by atoms with E-state index in [1.165, 1.54) is 11.1 Å². The molecule has 1 heterocycles. The number of nitrogens with zero attached hydrogens (tertiary/aromatic N) is 1. The maximum atomic E-state index is 12.5. The predicted molar refractivity (Wildman–Crippen MR) is 134 cm³/mol. The molecule has 0 spiro atoms. The van der Waals surface area contributed by atoms with Crippen molar-refractivity contribution in [3.05, 3.63) is 95.1 Å². The summed E-state index contributed by atoms with van der Waals surface area (Å²) in [6.07, 6.45) is 1.36. The Balaban J connectivity index is 1.13. The Morgan fingerprint density at radius 3 is 2.26 bits per heavy atom. The molecule has 0 fully saturated rings. The first-order valence-electron chi connectivity index (χ1n) is 12.2. The van der Waals surface area contributed by atoms with Gasteiger partial charge in [0.05, 0.1) is 0 Å². The lowest BCUT2D eigenvalue weighted by Crippen LogP contribution is -2.42. The highest BCUT2D eigenvalue weighted by Crippen LogP contribution is 2.44. The number of rotatable bonds is 8. The Morgan fingerprint density at radius 2 is 1.57 bits per heavy atom. The second-order valence-electron chi connectivity index (χ2n) is 9.30. The van der Waals surface area contributed by atoms with Gasteiger partial charge in [-0.3, -0.25) is 4.90 Å². The molecule has 0 saturated heterocycles. The van der Waals surface area contributed by atoms with Gasteiger partial charge in [0.1, 0.15) is 12.6 Å². The molecule has 3 aromatic carbocycles. The van der Waals surface area contributed by atoms with Gasteiger partial charge in [0, 0.05) is 19.0 Å². The van der Waals surface area contributed by atoms with Gasteiger partial charge in [-0.15, -0.1) is 0 Å². The van der Waals surface area contributed by atoms with Crippen molar-refractivity contribution < 1.29 is 19.4 Å². The highest BCUT2D eigenvalue weighted by atomic mass is 16.5. The number of aliphatic carboxylic acids is 1. The van der Waals surface area contributed by atoms with Crippen LogP contribution < -0.4 is 5.32 Å². The van der Waals surface area contributed by atoms with Crippen LogP contribution in [-0.2, 0) is 22.5 Å². The zero-order valence-corrected chi connectivity index (χ0v) is 19.7. The molecular formula is C29H30N2O4. The van der Waals surface area contributed by atoms with Crippen LogP contribution in [0.1, 0.15) is 41.0 Å². The van der Waals surface area contributed by atoms with Crippen LogP contribution in [0.3, 0.4) is 0 Å². The minimum absolute atomic E-state index is 0.0570. The van der Waals surface area contributed by atoms with Gasteiger partial charge in [-0.1, -0.05) is 72.8 Å². The van der Waals surface area contributed by atoms with Crippen molar-refractivity contribution in [1.29, 1.82) is 0 Å². The summed E-state index contributed by atoms with van der Waals surface area (Å²) >= 11 is 0. The van der Waals surface area contributed by atoms with Crippen LogP contribution in [0.2, 0.25) is 0 Å². The minimum Gasteiger partial charge on any atom is -0.480 e. The second kappa shape index (κ2) is 10.3. The summed E-state index contributed by atoms with van der Waals surface area (Å²) in [5.74, 6) is -1.10. The molecule has 6 nitrogen and oxygen atoms in total. The molecule has 35 heavy (non-hydrogen) atoms. The maximum absolute atomic E-state index is 12.5. The predicted octanol–water partition coefficient (Wildman–Crippen LogP) is 4.82. The fraction of sp³-hybridized carbons (Fsp3) is 0.310. The van der Waals surface area contributed by atoms with Crippen LogP contribution in [-0.4, -0.2) is 47.8 Å². The zero-order valence-electron chi connectivity index (χ0n) is 19.7. The maximum Gasteiger partial charge on any atom is 0.407 e. The highest BCUT2D eigenvalue weighted by molar-refractivity contribution is 5.81. The van der Waals surface area contributed by atoms with E-state index in [2.05, 4.69) is 58.7 Å². The van der Waals surface area contributed by atoms with E-state index >= 15 is 0 Å². The van der Waals surface area contributed by atoms with Crippen LogP contribution in [0.25, 0.3) is 11.1 Å². The largest absolute Gasteiger partial charge is 0.480 e. The summed E-state index contributed by atoms with van der Waals surface area (Å²) < 4.78 is 5.53. The van der Waals surface area contributed by atoms with E-state index in [-0.39, 0.29) is 12.5 Å². The van der Waals surface area contributed by atoms with Gasteiger partial charge in [-0.05, 0) is 59.2 Å². The molecule has 2 aliphatic rings. The van der Waals surface area contributed by atoms with E-state index in [1.807, 2.05) is 24.3 Å². The molecule has 5 rings (SSSR count). The zero-order chi connectivity index (χ0) is 24.2. The summed E-state index contributed by atoms with van der Waals surface area (Å²) in [5.41, 5.74) is 7.29. The number of hydrogen-bond donors (Lipinski definition) is 2. The monoisotopic (exact) mass is 470 g/mol. The fourth-order valence-electron chi connectivity index (χ4n) is 5.30. The lowest BCUT2D eigenvalue weighted by molar-refractivity contribution is -0.139. The SMILES string of the molecule is O=C(N[C@@H](CCCN1CCc2ccccc2C1)C(=O)O)OCC1c2ccccc2-c2ccccc21. The molecule has 0 aromatic heterocycles. The van der Waals surface area contributed by atoms with Crippen molar-refractivity contribution in [1.82, 2.24) is 10.2 Å². The van der Waals surface area contributed by atoms with Crippen molar-refractivity contribution in [2.24, 2.45) is 0 Å². The van der Waals surface area contributed by atoms with Crippen LogP contribution in [0.4, 0.5) is 4.79 Å². The molecule has 0 saturated carbocycles. The average molecular weight is 471 g/mol. The normalized spacial score (nSPS) is 15.5. The minimum atomic E-state index is -1.04. The Labute approximate surface area is 205 Å². The third kappa shape index (κ3) is 5.08. The molecule has 0 radical (unpaired) electrons. The van der Waals surface area contributed by atoms with Crippen LogP contribution in [0.15, 0.2) is 72.8 Å². The van der Waals surface area contributed by atoms with Gasteiger partial charge in [0.15, 0.2) is 0 Å². The van der Waals surface area contributed by atoms with E-state index in [4.69, 9.17) is 4.74 Å². The standard InChI is InChI=1S/C29H30N2O4/c32-28(33)27(14-7-16-31-17-15-20-8-1-2-9-21(20)18-31)30-29(34)35-19-26-24-12-5-3-10-22(24)23-11-4-6-13-25(23)26/h1-6,8-13,26-27H,7,14-19H2,(H,30,34)(H,32,33)/t27-/m0/s1. The van der Waals surface area contributed by atoms with E-state index in [0.717, 1.165) is 48.3 Å². The van der Waals surface area contributed by atoms with Gasteiger partial charge in [-0.2, -0.15) is 0 Å². The topological polar surface area (TPSA) is 78.9 Å². The lowest BCUT2D eigenvalue weighted by atomic mass is 9.98. The molecule has 1 aliphatic carbocycles. The molecule has 1 aliphatic heterocycles. The summed E-state index contributed by atoms with van der Waals surface area (Å²) in [7, 11) is 0. The van der Waals surface area contributed by atoms with Crippen molar-refractivity contribution in [2.75, 3.05) is 19.7 Å². The molecule has 0 unspecified atom stereocenters. The van der Waals surface area contributed by atoms with Crippen LogP contribution in [0.5, 0.6) is 0 Å². The summed E-state index contributed by atoms with van der Waals surface area (Å²) in [5, 5.41) is 12.2. The second-order valence-corrected chi connectivity index (χ2v) is 9.30. The number of carbonyl (C=O) groups excluding carboxylic acids is 1. The van der Waals surface area contributed by atoms with E-state index in [1.54, 1.807) is 0 Å². The van der Waals surface area contributed by atoms with Gasteiger partial charge < -0.3 is 15.2 Å². The number of benzene rings is 3. The van der Waals surface area contributed by atoms with Gasteiger partial charge in [0.2, 0.25) is 0 Å². The number of hydrogen-bond acceptors (Lipinski definition) is 4. The number of ether oxygens (including phenoxy) is 1. The van der Waals surface area contributed by atoms with E-state index < -0.39 is 18.1 Å². The Kier molecular flexibility index (Phi) is 6.82. The Morgan fingerprint density at radius 1 is 0.943 bits per heavy atom. The van der Waals surface area contributed by atoms with Crippen LogP contribution in [0, 0.1) is 0 Å². The smallest absolute Gasteiger partial charge is 0.407 e. The quantitative estimate of drug-likeness (QED) is 0.494. The molecular weight excluding hydrogens is 440 g/mol. The molecule has 3 aromatic rings. The number of nitrogens with one attached hydrogen (secondary N) is 1. The Bertz CT molecular complexity index is 1180. The van der Waals surface area contributed by atoms with Crippen LogP contribution >= 0.6 is 0 Å². The van der Waals surface area contributed by atoms with Crippen molar-refractivity contribution in [3.63, 3.8) is 0 Å². The molecule has 2 N–H and O–H groups in total. The van der Waals surface area contributed by atoms with Gasteiger partial charge in [-0.25, -0.2) is 9.59 Å². The highest BCUT2D eigenvalue weighted by Gasteiger charge is 2.29. The summed E-state index contributed by atoms with van der Waals surface area (Å²) in [4.78, 5) is 26.7. The van der Waals surface area contributed by atoms with Crippen molar-refractivity contribution in [3.8, 4) is 11.1 Å². The Hall–Kier alpha value is -3.64. The molecule has 6 heteroatoms. The number of carboxylic acids is 1.